The number of carbonyl (C=O) groups is 1. The van der Waals surface area contributed by atoms with Gasteiger partial charge < -0.3 is 19.2 Å². The Hall–Kier alpha value is -3.87. The molecular formula is C25H25FN4O2. The molecule has 1 unspecified atom stereocenters. The van der Waals surface area contributed by atoms with Crippen LogP contribution in [0.4, 0.5) is 4.39 Å². The minimum absolute atomic E-state index is 0.231. The fraction of sp³-hybridized carbons (Fsp3) is 0.200. The van der Waals surface area contributed by atoms with Gasteiger partial charge in [-0.1, -0.05) is 18.2 Å². The number of halogens is 1. The lowest BCUT2D eigenvalue weighted by atomic mass is 10.0. The quantitative estimate of drug-likeness (QED) is 0.488. The van der Waals surface area contributed by atoms with Crippen molar-refractivity contribution < 1.29 is 13.9 Å². The zero-order valence-electron chi connectivity index (χ0n) is 18.5. The number of aryl methyl sites for hydroxylation is 2. The summed E-state index contributed by atoms with van der Waals surface area (Å²) in [4.78, 5) is 17.9. The number of amides is 1. The van der Waals surface area contributed by atoms with Crippen LogP contribution in [-0.4, -0.2) is 27.1 Å². The van der Waals surface area contributed by atoms with Crippen molar-refractivity contribution in [3.05, 3.63) is 101 Å². The van der Waals surface area contributed by atoms with Gasteiger partial charge in [0.15, 0.2) is 0 Å². The fourth-order valence-corrected chi connectivity index (χ4v) is 4.03. The molecule has 7 heteroatoms. The highest BCUT2D eigenvalue weighted by Crippen LogP contribution is 2.30. The predicted molar refractivity (Wildman–Crippen MR) is 121 cm³/mol. The Labute approximate surface area is 186 Å². The van der Waals surface area contributed by atoms with Crippen molar-refractivity contribution in [3.63, 3.8) is 0 Å². The van der Waals surface area contributed by atoms with E-state index < -0.39 is 6.04 Å². The van der Waals surface area contributed by atoms with Gasteiger partial charge in [0.1, 0.15) is 23.4 Å². The Balaban J connectivity index is 1.73. The van der Waals surface area contributed by atoms with Crippen LogP contribution in [0, 0.1) is 19.7 Å². The van der Waals surface area contributed by atoms with Crippen LogP contribution in [0.15, 0.2) is 67.0 Å². The van der Waals surface area contributed by atoms with Gasteiger partial charge in [0.2, 0.25) is 0 Å². The molecule has 0 radical (unpaired) electrons. The van der Waals surface area contributed by atoms with Gasteiger partial charge in [0, 0.05) is 42.1 Å². The number of aromatic nitrogens is 3. The van der Waals surface area contributed by atoms with E-state index >= 15 is 0 Å². The molecule has 0 bridgehead atoms. The molecule has 2 aromatic carbocycles. The summed E-state index contributed by atoms with van der Waals surface area (Å²) < 4.78 is 22.7. The molecule has 1 atom stereocenters. The van der Waals surface area contributed by atoms with Crippen LogP contribution in [0.2, 0.25) is 0 Å². The van der Waals surface area contributed by atoms with Crippen LogP contribution >= 0.6 is 0 Å². The van der Waals surface area contributed by atoms with Gasteiger partial charge in [-0.3, -0.25) is 4.79 Å². The van der Waals surface area contributed by atoms with Crippen molar-refractivity contribution in [2.75, 3.05) is 7.11 Å². The monoisotopic (exact) mass is 432 g/mol. The lowest BCUT2D eigenvalue weighted by Crippen LogP contribution is -2.31. The SMILES string of the molecule is COc1ccccc1C(NC(=O)c1cc(C)n(-c2ccc(F)cc2)c1C)c1nccn1C. The molecule has 0 saturated carbocycles. The number of hydrogen-bond donors (Lipinski definition) is 1. The average molecular weight is 432 g/mol. The number of carbonyl (C=O) groups excluding carboxylic acids is 1. The van der Waals surface area contributed by atoms with Gasteiger partial charge in [0.25, 0.3) is 5.91 Å². The molecule has 4 aromatic rings. The number of benzene rings is 2. The molecule has 6 nitrogen and oxygen atoms in total. The Morgan fingerprint density at radius 2 is 1.84 bits per heavy atom. The summed E-state index contributed by atoms with van der Waals surface area (Å²) in [6.07, 6.45) is 3.54. The van der Waals surface area contributed by atoms with E-state index in [0.29, 0.717) is 17.1 Å². The van der Waals surface area contributed by atoms with E-state index in [-0.39, 0.29) is 11.7 Å². The first-order valence-electron chi connectivity index (χ1n) is 10.3. The summed E-state index contributed by atoms with van der Waals surface area (Å²) in [5, 5.41) is 3.13. The lowest BCUT2D eigenvalue weighted by Gasteiger charge is -2.21. The summed E-state index contributed by atoms with van der Waals surface area (Å²) in [7, 11) is 3.49. The fourth-order valence-electron chi connectivity index (χ4n) is 4.03. The normalized spacial score (nSPS) is 11.9. The number of methoxy groups -OCH3 is 1. The number of rotatable bonds is 6. The van der Waals surface area contributed by atoms with E-state index in [9.17, 15) is 9.18 Å². The Kier molecular flexibility index (Phi) is 5.81. The van der Waals surface area contributed by atoms with Crippen LogP contribution in [-0.2, 0) is 7.05 Å². The van der Waals surface area contributed by atoms with Crippen LogP contribution in [0.1, 0.15) is 39.2 Å². The van der Waals surface area contributed by atoms with E-state index in [1.54, 1.807) is 25.4 Å². The number of nitrogens with zero attached hydrogens (tertiary/aromatic N) is 3. The molecule has 0 aliphatic carbocycles. The average Bonchev–Trinajstić information content (AvgIpc) is 3.35. The van der Waals surface area contributed by atoms with Crippen molar-refractivity contribution in [1.82, 2.24) is 19.4 Å². The Morgan fingerprint density at radius 3 is 2.50 bits per heavy atom. The van der Waals surface area contributed by atoms with Crippen LogP contribution in [0.5, 0.6) is 5.75 Å². The molecule has 32 heavy (non-hydrogen) atoms. The van der Waals surface area contributed by atoms with Crippen LogP contribution in [0.25, 0.3) is 5.69 Å². The summed E-state index contributed by atoms with van der Waals surface area (Å²) in [6, 6.07) is 15.1. The summed E-state index contributed by atoms with van der Waals surface area (Å²) >= 11 is 0. The number of para-hydroxylation sites is 1. The van der Waals surface area contributed by atoms with E-state index in [2.05, 4.69) is 10.3 Å². The largest absolute Gasteiger partial charge is 0.496 e. The molecular weight excluding hydrogens is 407 g/mol. The first-order chi connectivity index (χ1) is 15.4. The maximum absolute atomic E-state index is 13.4. The third kappa shape index (κ3) is 3.89. The maximum atomic E-state index is 13.4. The minimum Gasteiger partial charge on any atom is -0.496 e. The number of imidazole rings is 1. The third-order valence-electron chi connectivity index (χ3n) is 5.60. The first kappa shape index (κ1) is 21.4. The summed E-state index contributed by atoms with van der Waals surface area (Å²) in [5.41, 5.74) is 3.80. The standard InChI is InChI=1S/C25H25FN4O2/c1-16-15-21(17(2)30(16)19-11-9-18(26)10-12-19)25(31)28-23(24-27-13-14-29(24)3)20-7-5-6-8-22(20)32-4/h5-15,23H,1-4H3,(H,28,31). The van der Waals surface area contributed by atoms with Gasteiger partial charge in [0.05, 0.1) is 12.7 Å². The van der Waals surface area contributed by atoms with Crippen molar-refractivity contribution in [2.24, 2.45) is 7.05 Å². The van der Waals surface area contributed by atoms with Gasteiger partial charge in [-0.25, -0.2) is 9.37 Å². The molecule has 0 saturated heterocycles. The van der Waals surface area contributed by atoms with Crippen LogP contribution < -0.4 is 10.1 Å². The molecule has 0 spiro atoms. The molecule has 1 N–H and O–H groups in total. The van der Waals surface area contributed by atoms with Gasteiger partial charge >= 0.3 is 0 Å². The van der Waals surface area contributed by atoms with Crippen molar-refractivity contribution in [1.29, 1.82) is 0 Å². The van der Waals surface area contributed by atoms with Crippen molar-refractivity contribution >= 4 is 5.91 Å². The van der Waals surface area contributed by atoms with E-state index in [0.717, 1.165) is 22.6 Å². The molecule has 2 heterocycles. The first-order valence-corrected chi connectivity index (χ1v) is 10.3. The van der Waals surface area contributed by atoms with Crippen molar-refractivity contribution in [3.8, 4) is 11.4 Å². The Bertz CT molecular complexity index is 1260. The second kappa shape index (κ2) is 8.70. The van der Waals surface area contributed by atoms with E-state index in [1.807, 2.05) is 66.6 Å². The molecule has 164 valence electrons. The second-order valence-electron chi connectivity index (χ2n) is 7.64. The minimum atomic E-state index is -0.507. The molecule has 1 amide bonds. The lowest BCUT2D eigenvalue weighted by molar-refractivity contribution is 0.0940. The highest BCUT2D eigenvalue weighted by atomic mass is 19.1. The van der Waals surface area contributed by atoms with Crippen LogP contribution in [0.3, 0.4) is 0 Å². The zero-order valence-corrected chi connectivity index (χ0v) is 18.5. The number of ether oxygens (including phenoxy) is 1. The predicted octanol–water partition coefficient (Wildman–Crippen LogP) is 4.49. The van der Waals surface area contributed by atoms with Gasteiger partial charge in [-0.05, 0) is 50.2 Å². The highest BCUT2D eigenvalue weighted by Gasteiger charge is 2.26. The molecule has 0 aliphatic rings. The smallest absolute Gasteiger partial charge is 0.253 e. The van der Waals surface area contributed by atoms with Gasteiger partial charge in [-0.2, -0.15) is 0 Å². The molecule has 0 aliphatic heterocycles. The summed E-state index contributed by atoms with van der Waals surface area (Å²) in [6.45, 7) is 3.80. The van der Waals surface area contributed by atoms with Crippen molar-refractivity contribution in [2.45, 2.75) is 19.9 Å². The Morgan fingerprint density at radius 1 is 1.12 bits per heavy atom. The summed E-state index contributed by atoms with van der Waals surface area (Å²) in [5.74, 6) is 0.821. The number of nitrogens with one attached hydrogen (secondary N) is 1. The molecule has 0 fully saturated rings. The topological polar surface area (TPSA) is 61.1 Å². The maximum Gasteiger partial charge on any atom is 0.253 e. The zero-order chi connectivity index (χ0) is 22.8. The van der Waals surface area contributed by atoms with E-state index in [4.69, 9.17) is 4.74 Å². The van der Waals surface area contributed by atoms with Gasteiger partial charge in [-0.15, -0.1) is 0 Å². The van der Waals surface area contributed by atoms with E-state index in [1.165, 1.54) is 12.1 Å². The third-order valence-corrected chi connectivity index (χ3v) is 5.60. The number of hydrogen-bond acceptors (Lipinski definition) is 3. The molecule has 2 aromatic heterocycles. The second-order valence-corrected chi connectivity index (χ2v) is 7.64. The molecule has 4 rings (SSSR count). The highest BCUT2D eigenvalue weighted by molar-refractivity contribution is 5.96.